The Balaban J connectivity index is 1.73. The van der Waals surface area contributed by atoms with Crippen molar-refractivity contribution in [1.82, 2.24) is 4.90 Å². The van der Waals surface area contributed by atoms with Crippen LogP contribution in [0.2, 0.25) is 0 Å². The fraction of sp³-hybridized carbons (Fsp3) is 0.280. The average molecular weight is 454 g/mol. The number of benzene rings is 3. The normalized spacial score (nSPS) is 18.4. The van der Waals surface area contributed by atoms with Crippen LogP contribution in [-0.2, 0) is 16.9 Å². The third-order valence-corrected chi connectivity index (χ3v) is 6.23. The second kappa shape index (κ2) is 8.78. The van der Waals surface area contributed by atoms with Gasteiger partial charge in [-0.15, -0.1) is 0 Å². The van der Waals surface area contributed by atoms with E-state index in [0.29, 0.717) is 13.2 Å². The summed E-state index contributed by atoms with van der Waals surface area (Å²) in [6.45, 7) is 3.29. The van der Waals surface area contributed by atoms with Crippen molar-refractivity contribution in [3.8, 4) is 0 Å². The molecule has 0 unspecified atom stereocenters. The Morgan fingerprint density at radius 1 is 1.00 bits per heavy atom. The van der Waals surface area contributed by atoms with E-state index in [4.69, 9.17) is 4.74 Å². The lowest BCUT2D eigenvalue weighted by Gasteiger charge is -2.38. The van der Waals surface area contributed by atoms with Gasteiger partial charge in [0, 0.05) is 11.0 Å². The number of hydrogen-bond donors (Lipinski definition) is 0. The molecule has 1 atom stereocenters. The Kier molecular flexibility index (Phi) is 6.14. The molecule has 0 fully saturated rings. The molecule has 1 aliphatic rings. The zero-order valence-corrected chi connectivity index (χ0v) is 18.1. The van der Waals surface area contributed by atoms with Crippen LogP contribution in [0.4, 0.5) is 4.39 Å². The van der Waals surface area contributed by atoms with Gasteiger partial charge in [0.05, 0.1) is 12.6 Å². The highest BCUT2D eigenvalue weighted by atomic mass is 79.9. The summed E-state index contributed by atoms with van der Waals surface area (Å²) in [7, 11) is 0. The molecule has 4 rings (SSSR count). The highest BCUT2D eigenvalue weighted by molar-refractivity contribution is 9.10. The first-order valence-electron chi connectivity index (χ1n) is 9.99. The number of rotatable bonds is 7. The van der Waals surface area contributed by atoms with Crippen LogP contribution in [0.15, 0.2) is 83.3 Å². The van der Waals surface area contributed by atoms with Gasteiger partial charge in [0.2, 0.25) is 0 Å². The van der Waals surface area contributed by atoms with Gasteiger partial charge in [-0.05, 0) is 40.9 Å². The average Bonchev–Trinajstić information content (AvgIpc) is 3.12. The zero-order valence-electron chi connectivity index (χ0n) is 16.5. The second-order valence-electron chi connectivity index (χ2n) is 7.51. The first kappa shape index (κ1) is 20.3. The number of hydrogen-bond acceptors (Lipinski definition) is 2. The maximum atomic E-state index is 14.5. The molecule has 1 heterocycles. The highest BCUT2D eigenvalue weighted by Crippen LogP contribution is 2.41. The highest BCUT2D eigenvalue weighted by Gasteiger charge is 2.43. The van der Waals surface area contributed by atoms with E-state index >= 15 is 0 Å². The van der Waals surface area contributed by atoms with Crippen LogP contribution in [0.25, 0.3) is 0 Å². The molecule has 3 aromatic carbocycles. The third kappa shape index (κ3) is 4.02. The quantitative estimate of drug-likeness (QED) is 0.418. The summed E-state index contributed by atoms with van der Waals surface area (Å²) in [6.07, 6.45) is 0. The first-order valence-corrected chi connectivity index (χ1v) is 10.8. The Morgan fingerprint density at radius 2 is 1.62 bits per heavy atom. The molecular formula is C25H25BrFNO. The lowest BCUT2D eigenvalue weighted by molar-refractivity contribution is -0.0784. The molecule has 0 spiro atoms. The van der Waals surface area contributed by atoms with Crippen LogP contribution in [-0.4, -0.2) is 24.7 Å². The van der Waals surface area contributed by atoms with E-state index in [1.54, 1.807) is 0 Å². The maximum absolute atomic E-state index is 14.5. The van der Waals surface area contributed by atoms with Gasteiger partial charge < -0.3 is 4.74 Å². The summed E-state index contributed by atoms with van der Waals surface area (Å²) in [4.78, 5) is 2.32. The van der Waals surface area contributed by atoms with Gasteiger partial charge in [0.15, 0.2) is 0 Å². The minimum atomic E-state index is -0.937. The molecule has 0 saturated carbocycles. The van der Waals surface area contributed by atoms with E-state index in [9.17, 15) is 4.39 Å². The minimum absolute atomic E-state index is 0.0360. The Labute approximate surface area is 180 Å². The monoisotopic (exact) mass is 453 g/mol. The minimum Gasteiger partial charge on any atom is -0.361 e. The summed E-state index contributed by atoms with van der Waals surface area (Å²) < 4.78 is 21.7. The van der Waals surface area contributed by atoms with Crippen LogP contribution in [0.1, 0.15) is 35.2 Å². The van der Waals surface area contributed by atoms with Gasteiger partial charge in [-0.2, -0.15) is 0 Å². The van der Waals surface area contributed by atoms with Crippen molar-refractivity contribution < 1.29 is 9.13 Å². The number of nitrogens with zero attached hydrogens (tertiary/aromatic N) is 1. The molecule has 2 nitrogen and oxygen atoms in total. The third-order valence-electron chi connectivity index (χ3n) is 5.74. The summed E-state index contributed by atoms with van der Waals surface area (Å²) in [5, 5.41) is 0. The predicted octanol–water partition coefficient (Wildman–Crippen LogP) is 6.26. The van der Waals surface area contributed by atoms with Gasteiger partial charge in [0.1, 0.15) is 12.3 Å². The summed E-state index contributed by atoms with van der Waals surface area (Å²) in [6, 6.07) is 26.9. The molecule has 0 aliphatic carbocycles. The Bertz CT molecular complexity index is 910. The molecule has 0 bridgehead atoms. The van der Waals surface area contributed by atoms with Crippen LogP contribution >= 0.6 is 15.9 Å². The van der Waals surface area contributed by atoms with Crippen molar-refractivity contribution in [2.45, 2.75) is 25.2 Å². The van der Waals surface area contributed by atoms with E-state index in [2.05, 4.69) is 76.3 Å². The Hall–Kier alpha value is -2.01. The standard InChI is InChI=1S/C25H25BrFNO/c1-2-28(18-25(17-27)23-14-13-22(26)15-21(23)16-29-25)24(19-9-5-3-6-10-19)20-11-7-4-8-12-20/h3-15,24H,2,16-18H2,1H3/t25-/m0/s1. The van der Waals surface area contributed by atoms with Crippen molar-refractivity contribution in [2.75, 3.05) is 19.8 Å². The number of alkyl halides is 1. The fourth-order valence-electron chi connectivity index (χ4n) is 4.30. The van der Waals surface area contributed by atoms with Gasteiger partial charge in [-0.1, -0.05) is 89.6 Å². The predicted molar refractivity (Wildman–Crippen MR) is 119 cm³/mol. The SMILES string of the molecule is CCN(C[C@]1(CF)OCc2cc(Br)ccc21)C(c1ccccc1)c1ccccc1. The van der Waals surface area contributed by atoms with E-state index in [1.165, 1.54) is 11.1 Å². The van der Waals surface area contributed by atoms with Crippen LogP contribution in [0.3, 0.4) is 0 Å². The lowest BCUT2D eigenvalue weighted by Crippen LogP contribution is -2.44. The van der Waals surface area contributed by atoms with Crippen molar-refractivity contribution in [3.05, 3.63) is 106 Å². The van der Waals surface area contributed by atoms with Crippen LogP contribution in [0, 0.1) is 0 Å². The number of ether oxygens (including phenoxy) is 1. The molecule has 29 heavy (non-hydrogen) atoms. The topological polar surface area (TPSA) is 12.5 Å². The Morgan fingerprint density at radius 3 is 2.17 bits per heavy atom. The van der Waals surface area contributed by atoms with E-state index < -0.39 is 12.3 Å². The van der Waals surface area contributed by atoms with Crippen molar-refractivity contribution in [2.24, 2.45) is 0 Å². The molecule has 150 valence electrons. The molecular weight excluding hydrogens is 429 g/mol. The summed E-state index contributed by atoms with van der Waals surface area (Å²) in [5.74, 6) is 0. The zero-order chi connectivity index (χ0) is 20.3. The number of fused-ring (bicyclic) bond motifs is 1. The van der Waals surface area contributed by atoms with Crippen molar-refractivity contribution in [1.29, 1.82) is 0 Å². The molecule has 0 radical (unpaired) electrons. The van der Waals surface area contributed by atoms with E-state index in [1.807, 2.05) is 30.3 Å². The van der Waals surface area contributed by atoms with Gasteiger partial charge >= 0.3 is 0 Å². The molecule has 0 saturated heterocycles. The van der Waals surface area contributed by atoms with Crippen LogP contribution in [0.5, 0.6) is 0 Å². The molecule has 1 aliphatic heterocycles. The molecule has 0 aromatic heterocycles. The molecule has 0 N–H and O–H groups in total. The van der Waals surface area contributed by atoms with Crippen molar-refractivity contribution in [3.63, 3.8) is 0 Å². The van der Waals surface area contributed by atoms with Crippen molar-refractivity contribution >= 4 is 15.9 Å². The molecule has 0 amide bonds. The number of likely N-dealkylation sites (N-methyl/N-ethyl adjacent to an activating group) is 1. The van der Waals surface area contributed by atoms with Gasteiger partial charge in [-0.3, -0.25) is 4.90 Å². The largest absolute Gasteiger partial charge is 0.361 e. The fourth-order valence-corrected chi connectivity index (χ4v) is 4.71. The first-order chi connectivity index (χ1) is 14.2. The summed E-state index contributed by atoms with van der Waals surface area (Å²) in [5.41, 5.74) is 3.48. The van der Waals surface area contributed by atoms with E-state index in [0.717, 1.165) is 22.1 Å². The smallest absolute Gasteiger partial charge is 0.135 e. The second-order valence-corrected chi connectivity index (χ2v) is 8.42. The molecule has 4 heteroatoms. The summed E-state index contributed by atoms with van der Waals surface area (Å²) >= 11 is 3.51. The maximum Gasteiger partial charge on any atom is 0.135 e. The van der Waals surface area contributed by atoms with Gasteiger partial charge in [-0.25, -0.2) is 4.39 Å². The lowest BCUT2D eigenvalue weighted by atomic mass is 9.90. The molecule has 3 aromatic rings. The van der Waals surface area contributed by atoms with Crippen LogP contribution < -0.4 is 0 Å². The number of halogens is 2. The van der Waals surface area contributed by atoms with E-state index in [-0.39, 0.29) is 6.04 Å². The van der Waals surface area contributed by atoms with Gasteiger partial charge in [0.25, 0.3) is 0 Å².